The van der Waals surface area contributed by atoms with Crippen molar-refractivity contribution < 1.29 is 18.8 Å². The monoisotopic (exact) mass is 343 g/mol. The van der Waals surface area contributed by atoms with Crippen molar-refractivity contribution in [1.82, 2.24) is 4.90 Å². The standard InChI is InChI=1S/C17H33NO4Si/c1-16(2,3)22-15(20)18-11-9-10-13(18)14(19)12-21-23(7,8)17(4,5)6/h13H,9-12H2,1-8H3/t13-/m0/s1. The average Bonchev–Trinajstić information content (AvgIpc) is 2.81. The smallest absolute Gasteiger partial charge is 0.410 e. The second-order valence-electron chi connectivity index (χ2n) is 8.85. The zero-order chi connectivity index (χ0) is 18.1. The van der Waals surface area contributed by atoms with Gasteiger partial charge >= 0.3 is 6.09 Å². The molecule has 0 aromatic rings. The highest BCUT2D eigenvalue weighted by Gasteiger charge is 2.40. The van der Waals surface area contributed by atoms with Crippen LogP contribution in [-0.4, -0.2) is 49.9 Å². The van der Waals surface area contributed by atoms with E-state index in [1.54, 1.807) is 4.90 Å². The maximum absolute atomic E-state index is 12.5. The molecule has 0 saturated carbocycles. The van der Waals surface area contributed by atoms with Gasteiger partial charge in [0.05, 0.1) is 12.6 Å². The highest BCUT2D eigenvalue weighted by atomic mass is 28.4. The lowest BCUT2D eigenvalue weighted by atomic mass is 10.1. The van der Waals surface area contributed by atoms with E-state index >= 15 is 0 Å². The molecule has 0 unspecified atom stereocenters. The van der Waals surface area contributed by atoms with E-state index in [1.165, 1.54) is 0 Å². The van der Waals surface area contributed by atoms with Crippen molar-refractivity contribution in [2.45, 2.75) is 84.2 Å². The van der Waals surface area contributed by atoms with Gasteiger partial charge in [-0.1, -0.05) is 20.8 Å². The number of likely N-dealkylation sites (tertiary alicyclic amines) is 1. The van der Waals surface area contributed by atoms with Gasteiger partial charge in [-0.25, -0.2) is 4.79 Å². The van der Waals surface area contributed by atoms with Crippen molar-refractivity contribution in [1.29, 1.82) is 0 Å². The predicted molar refractivity (Wildman–Crippen MR) is 94.1 cm³/mol. The molecule has 0 spiro atoms. The van der Waals surface area contributed by atoms with Crippen molar-refractivity contribution in [3.8, 4) is 0 Å². The molecule has 6 heteroatoms. The molecule has 1 heterocycles. The lowest BCUT2D eigenvalue weighted by Crippen LogP contribution is -2.47. The molecule has 0 aromatic carbocycles. The van der Waals surface area contributed by atoms with E-state index in [2.05, 4.69) is 33.9 Å². The van der Waals surface area contributed by atoms with Gasteiger partial charge in [0.25, 0.3) is 0 Å². The second-order valence-corrected chi connectivity index (χ2v) is 13.7. The van der Waals surface area contributed by atoms with Crippen molar-refractivity contribution in [3.63, 3.8) is 0 Å². The van der Waals surface area contributed by atoms with Crippen LogP contribution in [0, 0.1) is 0 Å². The summed E-state index contributed by atoms with van der Waals surface area (Å²) >= 11 is 0. The normalized spacial score (nSPS) is 19.8. The molecule has 1 aliphatic heterocycles. The Hall–Kier alpha value is -0.883. The number of amides is 1. The zero-order valence-corrected chi connectivity index (χ0v) is 17.0. The Balaban J connectivity index is 2.67. The van der Waals surface area contributed by atoms with Crippen molar-refractivity contribution in [2.75, 3.05) is 13.2 Å². The summed E-state index contributed by atoms with van der Waals surface area (Å²) in [4.78, 5) is 26.4. The Morgan fingerprint density at radius 2 is 1.70 bits per heavy atom. The molecule has 0 radical (unpaired) electrons. The maximum atomic E-state index is 12.5. The lowest BCUT2D eigenvalue weighted by Gasteiger charge is -2.36. The van der Waals surface area contributed by atoms with Crippen LogP contribution in [0.15, 0.2) is 0 Å². The van der Waals surface area contributed by atoms with Gasteiger partial charge in [0.2, 0.25) is 0 Å². The van der Waals surface area contributed by atoms with Crippen LogP contribution in [0.5, 0.6) is 0 Å². The number of ketones is 1. The Bertz CT molecular complexity index is 448. The largest absolute Gasteiger partial charge is 0.444 e. The molecule has 1 saturated heterocycles. The Morgan fingerprint density at radius 1 is 1.13 bits per heavy atom. The summed E-state index contributed by atoms with van der Waals surface area (Å²) < 4.78 is 11.4. The number of rotatable bonds is 4. The van der Waals surface area contributed by atoms with E-state index in [1.807, 2.05) is 20.8 Å². The van der Waals surface area contributed by atoms with Crippen LogP contribution < -0.4 is 0 Å². The summed E-state index contributed by atoms with van der Waals surface area (Å²) in [6, 6.07) is -0.408. The summed E-state index contributed by atoms with van der Waals surface area (Å²) in [6.07, 6.45) is 1.12. The Kier molecular flexibility index (Phi) is 6.07. The molecule has 23 heavy (non-hydrogen) atoms. The first kappa shape index (κ1) is 20.2. The SMILES string of the molecule is CC(C)(C)OC(=O)N1CCC[C@H]1C(=O)CO[Si](C)(C)C(C)(C)C. The van der Waals surface area contributed by atoms with Crippen LogP contribution >= 0.6 is 0 Å². The third-order valence-electron chi connectivity index (χ3n) is 4.63. The summed E-state index contributed by atoms with van der Waals surface area (Å²) in [5, 5.41) is 0.0633. The number of Topliss-reactive ketones (excluding diaryl/α,β-unsaturated/α-hetero) is 1. The Labute approximate surface area is 141 Å². The fraction of sp³-hybridized carbons (Fsp3) is 0.882. The quantitative estimate of drug-likeness (QED) is 0.725. The molecule has 1 fully saturated rings. The van der Waals surface area contributed by atoms with Crippen molar-refractivity contribution in [2.24, 2.45) is 0 Å². The number of hydrogen-bond acceptors (Lipinski definition) is 4. The number of ether oxygens (including phenoxy) is 1. The van der Waals surface area contributed by atoms with Crippen LogP contribution in [0.25, 0.3) is 0 Å². The summed E-state index contributed by atoms with van der Waals surface area (Å²) in [5.41, 5.74) is -0.551. The van der Waals surface area contributed by atoms with E-state index in [4.69, 9.17) is 9.16 Å². The molecule has 0 aromatic heterocycles. The highest BCUT2D eigenvalue weighted by molar-refractivity contribution is 6.74. The van der Waals surface area contributed by atoms with Crippen LogP contribution in [0.2, 0.25) is 18.1 Å². The van der Waals surface area contributed by atoms with E-state index < -0.39 is 26.1 Å². The average molecular weight is 344 g/mol. The molecular weight excluding hydrogens is 310 g/mol. The third kappa shape index (κ3) is 5.60. The van der Waals surface area contributed by atoms with Gasteiger partial charge in [-0.2, -0.15) is 0 Å². The van der Waals surface area contributed by atoms with Gasteiger partial charge in [0.15, 0.2) is 14.1 Å². The van der Waals surface area contributed by atoms with Crippen molar-refractivity contribution >= 4 is 20.2 Å². The molecule has 0 aliphatic carbocycles. The van der Waals surface area contributed by atoms with Gasteiger partial charge < -0.3 is 9.16 Å². The fourth-order valence-corrected chi connectivity index (χ4v) is 3.14. The second kappa shape index (κ2) is 6.93. The van der Waals surface area contributed by atoms with Gasteiger partial charge in [-0.05, 0) is 51.7 Å². The number of hydrogen-bond donors (Lipinski definition) is 0. The van der Waals surface area contributed by atoms with Crippen LogP contribution in [0.3, 0.4) is 0 Å². The molecule has 1 rings (SSSR count). The van der Waals surface area contributed by atoms with Crippen LogP contribution in [0.1, 0.15) is 54.4 Å². The van der Waals surface area contributed by atoms with E-state index in [-0.39, 0.29) is 17.4 Å². The molecule has 0 bridgehead atoms. The van der Waals surface area contributed by atoms with Crippen molar-refractivity contribution in [3.05, 3.63) is 0 Å². The number of carbonyl (C=O) groups excluding carboxylic acids is 2. The van der Waals surface area contributed by atoms with Gasteiger partial charge in [-0.15, -0.1) is 0 Å². The molecule has 1 atom stereocenters. The minimum absolute atomic E-state index is 0.0156. The third-order valence-corrected chi connectivity index (χ3v) is 9.11. The zero-order valence-electron chi connectivity index (χ0n) is 16.0. The van der Waals surface area contributed by atoms with Gasteiger partial charge in [-0.3, -0.25) is 9.69 Å². The fourth-order valence-electron chi connectivity index (χ4n) is 2.20. The van der Waals surface area contributed by atoms with Gasteiger partial charge in [0.1, 0.15) is 5.60 Å². The summed E-state index contributed by atoms with van der Waals surface area (Å²) in [7, 11) is -1.96. The summed E-state index contributed by atoms with van der Waals surface area (Å²) in [5.74, 6) is -0.0156. The number of carbonyl (C=O) groups is 2. The first-order valence-electron chi connectivity index (χ1n) is 8.41. The Morgan fingerprint density at radius 3 is 2.17 bits per heavy atom. The lowest BCUT2D eigenvalue weighted by molar-refractivity contribution is -0.125. The molecule has 1 aliphatic rings. The van der Waals surface area contributed by atoms with E-state index in [0.717, 1.165) is 6.42 Å². The van der Waals surface area contributed by atoms with Gasteiger partial charge in [0, 0.05) is 6.54 Å². The van der Waals surface area contributed by atoms with E-state index in [9.17, 15) is 9.59 Å². The topological polar surface area (TPSA) is 55.8 Å². The molecule has 0 N–H and O–H groups in total. The first-order chi connectivity index (χ1) is 10.2. The first-order valence-corrected chi connectivity index (χ1v) is 11.3. The predicted octanol–water partition coefficient (Wildman–Crippen LogP) is 3.98. The molecule has 1 amide bonds. The van der Waals surface area contributed by atoms with Crippen LogP contribution in [0.4, 0.5) is 4.79 Å². The molecule has 5 nitrogen and oxygen atoms in total. The minimum Gasteiger partial charge on any atom is -0.444 e. The highest BCUT2D eigenvalue weighted by Crippen LogP contribution is 2.36. The maximum Gasteiger partial charge on any atom is 0.410 e. The minimum atomic E-state index is -1.96. The molecule has 134 valence electrons. The van der Waals surface area contributed by atoms with Crippen LogP contribution in [-0.2, 0) is 14.0 Å². The van der Waals surface area contributed by atoms with E-state index in [0.29, 0.717) is 13.0 Å². The molecular formula is C17H33NO4Si. The number of nitrogens with zero attached hydrogens (tertiary/aromatic N) is 1. The summed E-state index contributed by atoms with van der Waals surface area (Å²) in [6.45, 7) is 16.8.